The number of carbonyl (C=O) groups is 1. The Kier molecular flexibility index (Phi) is 6.07. The second kappa shape index (κ2) is 8.67. The molecule has 3 rings (SSSR count). The van der Waals surface area contributed by atoms with Gasteiger partial charge in [0.25, 0.3) is 0 Å². The number of ether oxygens (including phenoxy) is 1. The lowest BCUT2D eigenvalue weighted by Gasteiger charge is -2.12. The van der Waals surface area contributed by atoms with Crippen LogP contribution in [0, 0.1) is 6.92 Å². The molecule has 2 N–H and O–H groups in total. The minimum atomic E-state index is 0.0600. The predicted molar refractivity (Wildman–Crippen MR) is 99.7 cm³/mol. The van der Waals surface area contributed by atoms with Crippen molar-refractivity contribution in [1.29, 1.82) is 0 Å². The Morgan fingerprint density at radius 2 is 2.12 bits per heavy atom. The number of hydrogen-bond acceptors (Lipinski definition) is 3. The molecular formula is C21H26N2O2. The predicted octanol–water partition coefficient (Wildman–Crippen LogP) is 2.98. The molecule has 4 heteroatoms. The minimum absolute atomic E-state index is 0.0600. The first kappa shape index (κ1) is 17.5. The molecular weight excluding hydrogens is 312 g/mol. The van der Waals surface area contributed by atoms with E-state index in [1.165, 1.54) is 17.5 Å². The van der Waals surface area contributed by atoms with E-state index >= 15 is 0 Å². The van der Waals surface area contributed by atoms with Gasteiger partial charge in [0, 0.05) is 12.6 Å². The van der Waals surface area contributed by atoms with E-state index in [4.69, 9.17) is 4.74 Å². The molecule has 2 aromatic carbocycles. The van der Waals surface area contributed by atoms with Gasteiger partial charge < -0.3 is 15.4 Å². The summed E-state index contributed by atoms with van der Waals surface area (Å²) in [5.41, 5.74) is 3.37. The van der Waals surface area contributed by atoms with E-state index in [1.807, 2.05) is 36.4 Å². The molecule has 0 bridgehead atoms. The number of aryl methyl sites for hydroxylation is 1. The minimum Gasteiger partial charge on any atom is -0.489 e. The zero-order valence-corrected chi connectivity index (χ0v) is 14.8. The van der Waals surface area contributed by atoms with Gasteiger partial charge in [-0.3, -0.25) is 4.79 Å². The first-order valence-corrected chi connectivity index (χ1v) is 8.97. The maximum absolute atomic E-state index is 12.1. The van der Waals surface area contributed by atoms with Gasteiger partial charge >= 0.3 is 0 Å². The van der Waals surface area contributed by atoms with E-state index in [-0.39, 0.29) is 5.91 Å². The number of nitrogens with one attached hydrogen (secondary N) is 2. The Balaban J connectivity index is 1.50. The summed E-state index contributed by atoms with van der Waals surface area (Å²) in [6, 6.07) is 16.4. The van der Waals surface area contributed by atoms with Crippen molar-refractivity contribution in [3.05, 3.63) is 65.2 Å². The van der Waals surface area contributed by atoms with Crippen LogP contribution in [0.1, 0.15) is 29.5 Å². The molecule has 1 unspecified atom stereocenters. The standard InChI is InChI=1S/C21H26N2O2/c1-16-6-2-3-8-18(16)15-25-20-10-4-7-17(12-20)13-21(24)23-14-19-9-5-11-22-19/h2-4,6-8,10,12,19,22H,5,9,11,13-15H2,1H3,(H,23,24). The van der Waals surface area contributed by atoms with Crippen molar-refractivity contribution in [2.45, 2.75) is 38.8 Å². The summed E-state index contributed by atoms with van der Waals surface area (Å²) in [6.45, 7) is 4.39. The zero-order valence-electron chi connectivity index (χ0n) is 14.8. The van der Waals surface area contributed by atoms with Crippen molar-refractivity contribution in [2.24, 2.45) is 0 Å². The van der Waals surface area contributed by atoms with Gasteiger partial charge in [0.15, 0.2) is 0 Å². The summed E-state index contributed by atoms with van der Waals surface area (Å²) in [5.74, 6) is 0.857. The molecule has 1 heterocycles. The molecule has 0 aromatic heterocycles. The van der Waals surface area contributed by atoms with E-state index in [2.05, 4.69) is 29.7 Å². The lowest BCUT2D eigenvalue weighted by atomic mass is 10.1. The summed E-state index contributed by atoms with van der Waals surface area (Å²) < 4.78 is 5.89. The van der Waals surface area contributed by atoms with Gasteiger partial charge in [0.2, 0.25) is 5.91 Å². The summed E-state index contributed by atoms with van der Waals surface area (Å²) in [6.07, 6.45) is 2.72. The van der Waals surface area contributed by atoms with Crippen LogP contribution in [0.25, 0.3) is 0 Å². The average Bonchev–Trinajstić information content (AvgIpc) is 3.13. The molecule has 25 heavy (non-hydrogen) atoms. The monoisotopic (exact) mass is 338 g/mol. The Morgan fingerprint density at radius 3 is 2.92 bits per heavy atom. The third kappa shape index (κ3) is 5.33. The van der Waals surface area contributed by atoms with E-state index in [1.54, 1.807) is 0 Å². The molecule has 1 amide bonds. The maximum atomic E-state index is 12.1. The average molecular weight is 338 g/mol. The molecule has 1 atom stereocenters. The Labute approximate surface area is 149 Å². The molecule has 0 radical (unpaired) electrons. The fourth-order valence-electron chi connectivity index (χ4n) is 3.09. The Hall–Kier alpha value is -2.33. The maximum Gasteiger partial charge on any atom is 0.224 e. The molecule has 1 aliphatic heterocycles. The summed E-state index contributed by atoms with van der Waals surface area (Å²) in [5, 5.41) is 6.40. The van der Waals surface area contributed by atoms with Crippen LogP contribution in [-0.2, 0) is 17.8 Å². The second-order valence-corrected chi connectivity index (χ2v) is 6.64. The third-order valence-electron chi connectivity index (χ3n) is 4.63. The van der Waals surface area contributed by atoms with Crippen LogP contribution in [0.15, 0.2) is 48.5 Å². The van der Waals surface area contributed by atoms with E-state index in [0.29, 0.717) is 25.6 Å². The molecule has 132 valence electrons. The van der Waals surface area contributed by atoms with Crippen LogP contribution >= 0.6 is 0 Å². The van der Waals surface area contributed by atoms with Gasteiger partial charge in [-0.2, -0.15) is 0 Å². The molecule has 2 aromatic rings. The van der Waals surface area contributed by atoms with Crippen LogP contribution in [0.4, 0.5) is 0 Å². The smallest absolute Gasteiger partial charge is 0.224 e. The van der Waals surface area contributed by atoms with Gasteiger partial charge in [-0.05, 0) is 55.1 Å². The van der Waals surface area contributed by atoms with Crippen molar-refractivity contribution in [1.82, 2.24) is 10.6 Å². The number of carbonyl (C=O) groups excluding carboxylic acids is 1. The topological polar surface area (TPSA) is 50.4 Å². The van der Waals surface area contributed by atoms with E-state index < -0.39 is 0 Å². The lowest BCUT2D eigenvalue weighted by Crippen LogP contribution is -2.37. The third-order valence-corrected chi connectivity index (χ3v) is 4.63. The van der Waals surface area contributed by atoms with Crippen molar-refractivity contribution in [3.63, 3.8) is 0 Å². The summed E-state index contributed by atoms with van der Waals surface area (Å²) >= 11 is 0. The number of hydrogen-bond donors (Lipinski definition) is 2. The Morgan fingerprint density at radius 1 is 1.24 bits per heavy atom. The highest BCUT2D eigenvalue weighted by Gasteiger charge is 2.14. The van der Waals surface area contributed by atoms with Crippen LogP contribution in [-0.4, -0.2) is 25.0 Å². The molecule has 4 nitrogen and oxygen atoms in total. The summed E-state index contributed by atoms with van der Waals surface area (Å²) in [4.78, 5) is 12.1. The van der Waals surface area contributed by atoms with Gasteiger partial charge in [0.1, 0.15) is 12.4 Å². The number of amides is 1. The van der Waals surface area contributed by atoms with Gasteiger partial charge in [0.05, 0.1) is 6.42 Å². The normalized spacial score (nSPS) is 16.6. The number of benzene rings is 2. The quantitative estimate of drug-likeness (QED) is 0.816. The fourth-order valence-corrected chi connectivity index (χ4v) is 3.09. The lowest BCUT2D eigenvalue weighted by molar-refractivity contribution is -0.120. The highest BCUT2D eigenvalue weighted by molar-refractivity contribution is 5.78. The van der Waals surface area contributed by atoms with Gasteiger partial charge in [-0.1, -0.05) is 36.4 Å². The van der Waals surface area contributed by atoms with Gasteiger partial charge in [-0.15, -0.1) is 0 Å². The zero-order chi connectivity index (χ0) is 17.5. The van der Waals surface area contributed by atoms with Crippen LogP contribution in [0.5, 0.6) is 5.75 Å². The first-order chi connectivity index (χ1) is 12.2. The van der Waals surface area contributed by atoms with E-state index in [9.17, 15) is 4.79 Å². The van der Waals surface area contributed by atoms with Crippen molar-refractivity contribution >= 4 is 5.91 Å². The van der Waals surface area contributed by atoms with Crippen LogP contribution in [0.2, 0.25) is 0 Å². The number of rotatable bonds is 7. The van der Waals surface area contributed by atoms with Gasteiger partial charge in [-0.25, -0.2) is 0 Å². The molecule has 1 fully saturated rings. The fraction of sp³-hybridized carbons (Fsp3) is 0.381. The summed E-state index contributed by atoms with van der Waals surface area (Å²) in [7, 11) is 0. The molecule has 1 aliphatic rings. The molecule has 0 aliphatic carbocycles. The largest absolute Gasteiger partial charge is 0.489 e. The van der Waals surface area contributed by atoms with Crippen LogP contribution < -0.4 is 15.4 Å². The first-order valence-electron chi connectivity index (χ1n) is 8.97. The molecule has 0 spiro atoms. The van der Waals surface area contributed by atoms with Crippen molar-refractivity contribution in [2.75, 3.05) is 13.1 Å². The van der Waals surface area contributed by atoms with Crippen molar-refractivity contribution in [3.8, 4) is 5.75 Å². The highest BCUT2D eigenvalue weighted by Crippen LogP contribution is 2.17. The SMILES string of the molecule is Cc1ccccc1COc1cccc(CC(=O)NCC2CCCN2)c1. The second-order valence-electron chi connectivity index (χ2n) is 6.64. The molecule has 0 saturated carbocycles. The highest BCUT2D eigenvalue weighted by atomic mass is 16.5. The molecule has 1 saturated heterocycles. The van der Waals surface area contributed by atoms with Crippen LogP contribution in [0.3, 0.4) is 0 Å². The van der Waals surface area contributed by atoms with Crippen molar-refractivity contribution < 1.29 is 9.53 Å². The Bertz CT molecular complexity index is 709. The van der Waals surface area contributed by atoms with E-state index in [0.717, 1.165) is 24.3 Å².